The monoisotopic (exact) mass is 368 g/mol. The Morgan fingerprint density at radius 2 is 2.14 bits per heavy atom. The second-order valence-corrected chi connectivity index (χ2v) is 5.56. The third kappa shape index (κ3) is 4.17. The van der Waals surface area contributed by atoms with E-state index >= 15 is 0 Å². The molecule has 0 atom stereocenters. The first-order chi connectivity index (χ1) is 10.5. The number of hydrogen-bond acceptors (Lipinski definition) is 3. The van der Waals surface area contributed by atoms with Gasteiger partial charge >= 0.3 is 0 Å². The van der Waals surface area contributed by atoms with Crippen LogP contribution in [-0.2, 0) is 11.3 Å². The van der Waals surface area contributed by atoms with Crippen LogP contribution < -0.4 is 5.32 Å². The number of amides is 2. The van der Waals surface area contributed by atoms with Crippen LogP contribution in [-0.4, -0.2) is 30.3 Å². The zero-order valence-corrected chi connectivity index (χ0v) is 13.4. The van der Waals surface area contributed by atoms with E-state index in [0.717, 1.165) is 4.90 Å². The summed E-state index contributed by atoms with van der Waals surface area (Å²) in [5.41, 5.74) is -0.0873. The number of halogens is 2. The summed E-state index contributed by atoms with van der Waals surface area (Å²) in [5, 5.41) is 2.62. The molecule has 0 radical (unpaired) electrons. The molecular formula is C15H14BrFN2O3. The van der Waals surface area contributed by atoms with E-state index < -0.39 is 11.7 Å². The minimum Gasteiger partial charge on any atom is -0.467 e. The predicted molar refractivity (Wildman–Crippen MR) is 81.6 cm³/mol. The van der Waals surface area contributed by atoms with Crippen molar-refractivity contribution in [3.63, 3.8) is 0 Å². The van der Waals surface area contributed by atoms with Crippen molar-refractivity contribution in [2.75, 3.05) is 13.6 Å². The normalized spacial score (nSPS) is 10.3. The summed E-state index contributed by atoms with van der Waals surface area (Å²) in [6.45, 7) is 0.0601. The van der Waals surface area contributed by atoms with Gasteiger partial charge in [0.05, 0.1) is 24.9 Å². The molecule has 1 aromatic carbocycles. The third-order valence-electron chi connectivity index (χ3n) is 2.93. The Balaban J connectivity index is 1.93. The fraction of sp³-hybridized carbons (Fsp3) is 0.200. The summed E-state index contributed by atoms with van der Waals surface area (Å²) in [6.07, 6.45) is 1.51. The summed E-state index contributed by atoms with van der Waals surface area (Å²) < 4.78 is 19.3. The lowest BCUT2D eigenvalue weighted by Crippen LogP contribution is -2.38. The molecule has 2 aromatic rings. The van der Waals surface area contributed by atoms with Gasteiger partial charge in [-0.05, 0) is 30.3 Å². The van der Waals surface area contributed by atoms with Crippen molar-refractivity contribution >= 4 is 27.7 Å². The van der Waals surface area contributed by atoms with Crippen molar-refractivity contribution in [1.82, 2.24) is 10.2 Å². The molecule has 1 heterocycles. The van der Waals surface area contributed by atoms with Gasteiger partial charge in [0.2, 0.25) is 5.91 Å². The molecule has 2 amide bonds. The molecule has 1 N–H and O–H groups in total. The first kappa shape index (κ1) is 16.2. The molecule has 0 bridgehead atoms. The summed E-state index contributed by atoms with van der Waals surface area (Å²) in [4.78, 5) is 25.1. The molecule has 0 aliphatic heterocycles. The molecule has 7 heteroatoms. The number of likely N-dealkylation sites (N-methyl/N-ethyl adjacent to an activating group) is 1. The smallest absolute Gasteiger partial charge is 0.257 e. The van der Waals surface area contributed by atoms with Crippen LogP contribution in [0.15, 0.2) is 45.5 Å². The molecule has 0 unspecified atom stereocenters. The quantitative estimate of drug-likeness (QED) is 0.881. The Hall–Kier alpha value is -2.15. The van der Waals surface area contributed by atoms with Crippen molar-refractivity contribution in [3.05, 3.63) is 58.2 Å². The molecular weight excluding hydrogens is 355 g/mol. The van der Waals surface area contributed by atoms with Crippen LogP contribution in [0.5, 0.6) is 0 Å². The van der Waals surface area contributed by atoms with E-state index in [1.807, 2.05) is 0 Å². The van der Waals surface area contributed by atoms with Gasteiger partial charge < -0.3 is 14.6 Å². The lowest BCUT2D eigenvalue weighted by atomic mass is 10.2. The number of benzene rings is 1. The molecule has 0 saturated heterocycles. The van der Waals surface area contributed by atoms with Crippen LogP contribution in [0.25, 0.3) is 0 Å². The minimum absolute atomic E-state index is 0.0873. The number of nitrogens with zero attached hydrogens (tertiary/aromatic N) is 1. The van der Waals surface area contributed by atoms with Gasteiger partial charge in [-0.3, -0.25) is 9.59 Å². The van der Waals surface area contributed by atoms with E-state index in [0.29, 0.717) is 10.2 Å². The number of furan rings is 1. The summed E-state index contributed by atoms with van der Waals surface area (Å²) >= 11 is 3.18. The highest BCUT2D eigenvalue weighted by Gasteiger charge is 2.18. The van der Waals surface area contributed by atoms with E-state index in [9.17, 15) is 14.0 Å². The maximum Gasteiger partial charge on any atom is 0.257 e. The van der Waals surface area contributed by atoms with Gasteiger partial charge in [0.1, 0.15) is 11.6 Å². The van der Waals surface area contributed by atoms with Crippen LogP contribution in [0.3, 0.4) is 0 Å². The highest BCUT2D eigenvalue weighted by molar-refractivity contribution is 9.10. The van der Waals surface area contributed by atoms with Crippen LogP contribution in [0.2, 0.25) is 0 Å². The fourth-order valence-electron chi connectivity index (χ4n) is 1.81. The first-order valence-electron chi connectivity index (χ1n) is 6.47. The van der Waals surface area contributed by atoms with Crippen molar-refractivity contribution in [3.8, 4) is 0 Å². The Morgan fingerprint density at radius 1 is 1.36 bits per heavy atom. The van der Waals surface area contributed by atoms with Gasteiger partial charge in [-0.2, -0.15) is 0 Å². The average Bonchev–Trinajstić information content (AvgIpc) is 3.00. The number of hydrogen-bond donors (Lipinski definition) is 1. The Bertz CT molecular complexity index is 673. The summed E-state index contributed by atoms with van der Waals surface area (Å²) in [5.74, 6) is -0.939. The first-order valence-corrected chi connectivity index (χ1v) is 7.26. The van der Waals surface area contributed by atoms with Gasteiger partial charge in [0.15, 0.2) is 0 Å². The second kappa shape index (κ2) is 7.22. The van der Waals surface area contributed by atoms with E-state index in [-0.39, 0.29) is 24.6 Å². The number of carbonyl (C=O) groups is 2. The molecule has 2 rings (SSSR count). The van der Waals surface area contributed by atoms with Gasteiger partial charge in [-0.1, -0.05) is 15.9 Å². The zero-order chi connectivity index (χ0) is 16.1. The molecule has 5 nitrogen and oxygen atoms in total. The van der Waals surface area contributed by atoms with Gasteiger partial charge in [-0.25, -0.2) is 4.39 Å². The predicted octanol–water partition coefficient (Wildman–Crippen LogP) is 2.57. The lowest BCUT2D eigenvalue weighted by molar-refractivity contribution is -0.121. The highest BCUT2D eigenvalue weighted by atomic mass is 79.9. The standard InChI is InChI=1S/C15H14BrFN2O3/c1-19(9-14(20)18-8-11-3-2-6-22-11)15(21)12-7-10(16)4-5-13(12)17/h2-7H,8-9H2,1H3,(H,18,20). The van der Waals surface area contributed by atoms with Gasteiger partial charge in [-0.15, -0.1) is 0 Å². The number of carbonyl (C=O) groups excluding carboxylic acids is 2. The van der Waals surface area contributed by atoms with Crippen LogP contribution >= 0.6 is 15.9 Å². The topological polar surface area (TPSA) is 62.6 Å². The number of nitrogens with one attached hydrogen (secondary N) is 1. The van der Waals surface area contributed by atoms with Crippen molar-refractivity contribution < 1.29 is 18.4 Å². The summed E-state index contributed by atoms with van der Waals surface area (Å²) in [7, 11) is 1.44. The van der Waals surface area contributed by atoms with Crippen molar-refractivity contribution in [2.24, 2.45) is 0 Å². The molecule has 0 aliphatic carbocycles. The van der Waals surface area contributed by atoms with E-state index in [2.05, 4.69) is 21.2 Å². The molecule has 0 fully saturated rings. The maximum atomic E-state index is 13.7. The van der Waals surface area contributed by atoms with Crippen LogP contribution in [0, 0.1) is 5.82 Å². The Morgan fingerprint density at radius 3 is 2.82 bits per heavy atom. The summed E-state index contributed by atoms with van der Waals surface area (Å²) in [6, 6.07) is 7.53. The van der Waals surface area contributed by atoms with Crippen LogP contribution in [0.4, 0.5) is 4.39 Å². The molecule has 0 aliphatic rings. The molecule has 0 saturated carbocycles. The van der Waals surface area contributed by atoms with Crippen LogP contribution in [0.1, 0.15) is 16.1 Å². The zero-order valence-electron chi connectivity index (χ0n) is 11.8. The minimum atomic E-state index is -0.629. The number of rotatable bonds is 5. The van der Waals surface area contributed by atoms with E-state index in [1.165, 1.54) is 31.5 Å². The highest BCUT2D eigenvalue weighted by Crippen LogP contribution is 2.16. The third-order valence-corrected chi connectivity index (χ3v) is 3.42. The largest absolute Gasteiger partial charge is 0.467 e. The second-order valence-electron chi connectivity index (χ2n) is 4.64. The van der Waals surface area contributed by atoms with Gasteiger partial charge in [0, 0.05) is 11.5 Å². The molecule has 22 heavy (non-hydrogen) atoms. The fourth-order valence-corrected chi connectivity index (χ4v) is 2.17. The van der Waals surface area contributed by atoms with E-state index in [1.54, 1.807) is 12.1 Å². The van der Waals surface area contributed by atoms with Crippen molar-refractivity contribution in [2.45, 2.75) is 6.54 Å². The lowest BCUT2D eigenvalue weighted by Gasteiger charge is -2.17. The Kier molecular flexibility index (Phi) is 5.32. The molecule has 0 spiro atoms. The average molecular weight is 369 g/mol. The maximum absolute atomic E-state index is 13.7. The molecule has 1 aromatic heterocycles. The van der Waals surface area contributed by atoms with Crippen molar-refractivity contribution in [1.29, 1.82) is 0 Å². The van der Waals surface area contributed by atoms with E-state index in [4.69, 9.17) is 4.42 Å². The van der Waals surface area contributed by atoms with Gasteiger partial charge in [0.25, 0.3) is 5.91 Å². The molecule has 116 valence electrons. The SMILES string of the molecule is CN(CC(=O)NCc1ccco1)C(=O)c1cc(Br)ccc1F. The Labute approximate surface area is 135 Å².